The second-order valence-electron chi connectivity index (χ2n) is 8.40. The molecule has 0 spiro atoms. The summed E-state index contributed by atoms with van der Waals surface area (Å²) in [6.07, 6.45) is 3.60. The first-order valence-electron chi connectivity index (χ1n) is 11.5. The van der Waals surface area contributed by atoms with Gasteiger partial charge in [-0.3, -0.25) is 5.32 Å². The number of anilines is 1. The van der Waals surface area contributed by atoms with Crippen molar-refractivity contribution in [3.05, 3.63) is 54.5 Å². The van der Waals surface area contributed by atoms with E-state index < -0.39 is 24.1 Å². The molecule has 5 aromatic rings. The molecular weight excluding hydrogens is 513 g/mol. The highest BCUT2D eigenvalue weighted by molar-refractivity contribution is 7.21. The summed E-state index contributed by atoms with van der Waals surface area (Å²) >= 11 is 1.28. The van der Waals surface area contributed by atoms with Gasteiger partial charge in [-0.05, 0) is 38.5 Å². The van der Waals surface area contributed by atoms with Crippen LogP contribution in [0.3, 0.4) is 0 Å². The monoisotopic (exact) mass is 535 g/mol. The third-order valence-corrected chi connectivity index (χ3v) is 6.57. The first-order chi connectivity index (χ1) is 18.3. The molecule has 1 amide bonds. The molecule has 5 rings (SSSR count). The van der Waals surface area contributed by atoms with Crippen LogP contribution in [0.5, 0.6) is 11.8 Å². The van der Waals surface area contributed by atoms with Gasteiger partial charge in [0.25, 0.3) is 5.88 Å². The maximum Gasteiger partial charge on any atom is 0.412 e. The molecule has 38 heavy (non-hydrogen) atoms. The van der Waals surface area contributed by atoms with Gasteiger partial charge >= 0.3 is 6.09 Å². The molecule has 0 fully saturated rings. The van der Waals surface area contributed by atoms with Crippen molar-refractivity contribution < 1.29 is 23.4 Å². The number of fused-ring (bicyclic) bond motifs is 2. The van der Waals surface area contributed by atoms with Crippen LogP contribution in [0.2, 0.25) is 0 Å². The van der Waals surface area contributed by atoms with Crippen molar-refractivity contribution >= 4 is 44.5 Å². The quantitative estimate of drug-likeness (QED) is 0.305. The van der Waals surface area contributed by atoms with Gasteiger partial charge in [0.05, 0.1) is 42.4 Å². The first-order valence-corrected chi connectivity index (χ1v) is 12.3. The Hall–Kier alpha value is -4.52. The number of hydrogen-bond acceptors (Lipinski definition) is 11. The minimum Gasteiger partial charge on any atom is -0.480 e. The van der Waals surface area contributed by atoms with Crippen LogP contribution in [0, 0.1) is 12.7 Å². The molecule has 1 aromatic carbocycles. The summed E-state index contributed by atoms with van der Waals surface area (Å²) in [5.41, 5.74) is 3.78. The van der Waals surface area contributed by atoms with Crippen LogP contribution in [0.15, 0.2) is 43.1 Å². The second kappa shape index (κ2) is 10.5. The lowest BCUT2D eigenvalue weighted by molar-refractivity contribution is 0.0379. The number of aromatic nitrogens is 6. The van der Waals surface area contributed by atoms with Crippen molar-refractivity contribution in [2.75, 3.05) is 12.4 Å². The summed E-state index contributed by atoms with van der Waals surface area (Å²) in [6, 6.07) is 5.12. The maximum atomic E-state index is 14.9. The van der Waals surface area contributed by atoms with E-state index in [1.165, 1.54) is 49.4 Å². The van der Waals surface area contributed by atoms with Gasteiger partial charge in [0.2, 0.25) is 5.88 Å². The maximum absolute atomic E-state index is 14.9. The summed E-state index contributed by atoms with van der Waals surface area (Å²) in [7, 11) is 1.53. The standard InChI is InChI=1S/C25H22FN7O4S/c1-12-5-16(21-18(6-12)31-20(35-4)10-29-21)23-32-19-7-17(26)22(33-24(19)38-23)36-13(2)14(3)37-25(34)30-15-8-27-11-28-9-15/h5-11,13-14H,1-4H3,(H,30,34). The number of benzene rings is 1. The van der Waals surface area contributed by atoms with Crippen molar-refractivity contribution in [2.45, 2.75) is 33.0 Å². The molecule has 194 valence electrons. The van der Waals surface area contributed by atoms with E-state index >= 15 is 0 Å². The molecular formula is C25H22FN7O4S. The highest BCUT2D eigenvalue weighted by atomic mass is 32.1. The number of halogens is 1. The van der Waals surface area contributed by atoms with Crippen LogP contribution >= 0.6 is 11.3 Å². The molecule has 0 saturated carbocycles. The molecule has 0 aliphatic rings. The Morgan fingerprint density at radius 1 is 1.03 bits per heavy atom. The summed E-state index contributed by atoms with van der Waals surface area (Å²) < 4.78 is 31.2. The lowest BCUT2D eigenvalue weighted by Gasteiger charge is -2.21. The Morgan fingerprint density at radius 3 is 2.58 bits per heavy atom. The molecule has 11 nitrogen and oxygen atoms in total. The molecule has 0 saturated heterocycles. The van der Waals surface area contributed by atoms with Crippen molar-refractivity contribution in [2.24, 2.45) is 0 Å². The van der Waals surface area contributed by atoms with Gasteiger partial charge < -0.3 is 14.2 Å². The number of nitrogens with zero attached hydrogens (tertiary/aromatic N) is 6. The largest absolute Gasteiger partial charge is 0.480 e. The highest BCUT2D eigenvalue weighted by Crippen LogP contribution is 2.35. The van der Waals surface area contributed by atoms with Gasteiger partial charge in [0, 0.05) is 11.6 Å². The van der Waals surface area contributed by atoms with Crippen molar-refractivity contribution in [1.29, 1.82) is 0 Å². The van der Waals surface area contributed by atoms with Gasteiger partial charge in [-0.25, -0.2) is 34.1 Å². The Bertz CT molecular complexity index is 1630. The second-order valence-corrected chi connectivity index (χ2v) is 9.37. The molecule has 2 unspecified atom stereocenters. The predicted molar refractivity (Wildman–Crippen MR) is 139 cm³/mol. The molecule has 0 bridgehead atoms. The van der Waals surface area contributed by atoms with Crippen LogP contribution < -0.4 is 14.8 Å². The van der Waals surface area contributed by atoms with Gasteiger partial charge in [-0.15, -0.1) is 0 Å². The molecule has 13 heteroatoms. The summed E-state index contributed by atoms with van der Waals surface area (Å²) in [4.78, 5) is 38.2. The van der Waals surface area contributed by atoms with Crippen LogP contribution in [0.25, 0.3) is 32.0 Å². The number of aryl methyl sites for hydroxylation is 1. The number of ether oxygens (including phenoxy) is 3. The van der Waals surface area contributed by atoms with E-state index in [4.69, 9.17) is 14.2 Å². The molecule has 4 heterocycles. The van der Waals surface area contributed by atoms with Crippen LogP contribution in [-0.2, 0) is 4.74 Å². The Labute approximate surface area is 220 Å². The average Bonchev–Trinajstić information content (AvgIpc) is 3.30. The number of nitrogens with one attached hydrogen (secondary N) is 1. The Balaban J connectivity index is 1.36. The lowest BCUT2D eigenvalue weighted by Crippen LogP contribution is -2.33. The van der Waals surface area contributed by atoms with Crippen LogP contribution in [0.1, 0.15) is 19.4 Å². The third-order valence-electron chi connectivity index (χ3n) is 5.57. The predicted octanol–water partition coefficient (Wildman–Crippen LogP) is 4.95. The number of rotatable bonds is 7. The van der Waals surface area contributed by atoms with E-state index in [2.05, 4.69) is 35.2 Å². The fourth-order valence-electron chi connectivity index (χ4n) is 3.58. The van der Waals surface area contributed by atoms with Gasteiger partial charge in [0.15, 0.2) is 5.82 Å². The third kappa shape index (κ3) is 5.27. The normalized spacial score (nSPS) is 12.8. The van der Waals surface area contributed by atoms with Gasteiger partial charge in [-0.1, -0.05) is 11.3 Å². The van der Waals surface area contributed by atoms with Gasteiger partial charge in [-0.2, -0.15) is 4.98 Å². The minimum atomic E-state index is -0.720. The van der Waals surface area contributed by atoms with E-state index in [0.29, 0.717) is 38.0 Å². The molecule has 0 aliphatic heterocycles. The van der Waals surface area contributed by atoms with Crippen molar-refractivity contribution in [1.82, 2.24) is 29.9 Å². The summed E-state index contributed by atoms with van der Waals surface area (Å²) in [6.45, 7) is 5.23. The summed E-state index contributed by atoms with van der Waals surface area (Å²) in [5, 5.41) is 3.13. The number of methoxy groups -OCH3 is 1. The number of carbonyl (C=O) groups excluding carboxylic acids is 1. The highest BCUT2D eigenvalue weighted by Gasteiger charge is 2.22. The SMILES string of the molecule is COc1cnc2c(-c3nc4cc(F)c(OC(C)C(C)OC(=O)Nc5cncnc5)nc4s3)cc(C)cc2n1. The Kier molecular flexibility index (Phi) is 6.92. The van der Waals surface area contributed by atoms with Crippen LogP contribution in [0.4, 0.5) is 14.9 Å². The molecule has 2 atom stereocenters. The number of pyridine rings is 1. The Morgan fingerprint density at radius 2 is 1.82 bits per heavy atom. The topological polar surface area (TPSA) is 134 Å². The summed E-state index contributed by atoms with van der Waals surface area (Å²) in [5.74, 6) is -0.494. The minimum absolute atomic E-state index is 0.217. The average molecular weight is 536 g/mol. The fraction of sp³-hybridized carbons (Fsp3) is 0.240. The zero-order valence-electron chi connectivity index (χ0n) is 20.8. The molecule has 0 aliphatic carbocycles. The van der Waals surface area contributed by atoms with Crippen molar-refractivity contribution in [3.63, 3.8) is 0 Å². The van der Waals surface area contributed by atoms with E-state index in [1.54, 1.807) is 13.8 Å². The zero-order chi connectivity index (χ0) is 26.8. The van der Waals surface area contributed by atoms with E-state index in [9.17, 15) is 9.18 Å². The number of thiazole rings is 1. The number of hydrogen-bond donors (Lipinski definition) is 1. The van der Waals surface area contributed by atoms with E-state index in [-0.39, 0.29) is 5.88 Å². The molecule has 0 radical (unpaired) electrons. The van der Waals surface area contributed by atoms with E-state index in [1.807, 2.05) is 19.1 Å². The smallest absolute Gasteiger partial charge is 0.412 e. The molecule has 1 N–H and O–H groups in total. The molecule has 4 aromatic heterocycles. The van der Waals surface area contributed by atoms with Crippen molar-refractivity contribution in [3.8, 4) is 22.3 Å². The van der Waals surface area contributed by atoms with Crippen LogP contribution in [-0.4, -0.2) is 55.3 Å². The lowest BCUT2D eigenvalue weighted by atomic mass is 10.1. The first kappa shape index (κ1) is 25.1. The number of carbonyl (C=O) groups is 1. The van der Waals surface area contributed by atoms with Gasteiger partial charge in [0.1, 0.15) is 33.9 Å². The number of amides is 1. The van der Waals surface area contributed by atoms with E-state index in [0.717, 1.165) is 11.1 Å². The zero-order valence-corrected chi connectivity index (χ0v) is 21.6. The fourth-order valence-corrected chi connectivity index (χ4v) is 4.51.